The Morgan fingerprint density at radius 2 is 1.73 bits per heavy atom. The van der Waals surface area contributed by atoms with Gasteiger partial charge in [0.2, 0.25) is 0 Å². The normalized spacial score (nSPS) is 18.0. The van der Waals surface area contributed by atoms with Crippen LogP contribution in [0.5, 0.6) is 5.75 Å². The van der Waals surface area contributed by atoms with E-state index in [1.54, 1.807) is 54.9 Å². The molecular formula is C23H18ClN2O4+. The largest absolute Gasteiger partial charge is 0.508 e. The number of ketones is 1. The van der Waals surface area contributed by atoms with E-state index in [0.717, 1.165) is 5.56 Å². The van der Waals surface area contributed by atoms with E-state index in [9.17, 15) is 19.8 Å². The van der Waals surface area contributed by atoms with Crippen molar-refractivity contribution in [3.8, 4) is 5.75 Å². The minimum atomic E-state index is -0.804. The Labute approximate surface area is 177 Å². The van der Waals surface area contributed by atoms with Crippen molar-refractivity contribution in [1.29, 1.82) is 0 Å². The van der Waals surface area contributed by atoms with Gasteiger partial charge in [0.05, 0.1) is 18.2 Å². The first-order valence-electron chi connectivity index (χ1n) is 9.24. The van der Waals surface area contributed by atoms with Gasteiger partial charge >= 0.3 is 0 Å². The molecule has 0 bridgehead atoms. The van der Waals surface area contributed by atoms with Gasteiger partial charge in [0.25, 0.3) is 11.7 Å². The number of nitrogens with zero attached hydrogens (tertiary/aromatic N) is 1. The number of benzene rings is 2. The smallest absolute Gasteiger partial charge is 0.295 e. The minimum Gasteiger partial charge on any atom is -0.508 e. The minimum absolute atomic E-state index is 0.00655. The molecule has 0 radical (unpaired) electrons. The number of carbonyl (C=O) groups is 2. The SMILES string of the molecule is O=C1C(=O)N(Cc2ccc[nH+]c2)C(c2ccc(O)cc2)C1=C(O)c1ccc(Cl)cc1. The van der Waals surface area contributed by atoms with Crippen LogP contribution in [-0.4, -0.2) is 26.8 Å². The summed E-state index contributed by atoms with van der Waals surface area (Å²) in [4.78, 5) is 30.2. The topological polar surface area (TPSA) is 92.0 Å². The second-order valence-electron chi connectivity index (χ2n) is 6.94. The van der Waals surface area contributed by atoms with Crippen molar-refractivity contribution in [3.05, 3.63) is 100 Å². The van der Waals surface area contributed by atoms with Gasteiger partial charge in [-0.2, -0.15) is 0 Å². The first-order chi connectivity index (χ1) is 14.5. The highest BCUT2D eigenvalue weighted by molar-refractivity contribution is 6.46. The summed E-state index contributed by atoms with van der Waals surface area (Å²) in [5, 5.41) is 21.1. The van der Waals surface area contributed by atoms with Gasteiger partial charge in [0.15, 0.2) is 12.4 Å². The van der Waals surface area contributed by atoms with Crippen molar-refractivity contribution in [2.45, 2.75) is 12.6 Å². The van der Waals surface area contributed by atoms with Crippen LogP contribution in [0.4, 0.5) is 0 Å². The monoisotopic (exact) mass is 421 g/mol. The predicted octanol–water partition coefficient (Wildman–Crippen LogP) is 3.48. The molecular weight excluding hydrogens is 404 g/mol. The van der Waals surface area contributed by atoms with Crippen LogP contribution in [0.15, 0.2) is 78.6 Å². The van der Waals surface area contributed by atoms with Gasteiger partial charge in [0.1, 0.15) is 11.5 Å². The number of halogens is 1. The van der Waals surface area contributed by atoms with Crippen molar-refractivity contribution < 1.29 is 24.8 Å². The highest BCUT2D eigenvalue weighted by atomic mass is 35.5. The number of aromatic nitrogens is 1. The van der Waals surface area contributed by atoms with Crippen molar-refractivity contribution in [3.63, 3.8) is 0 Å². The standard InChI is InChI=1S/C23H17ClN2O4/c24-17-7-3-16(4-8-17)21(28)19-20(15-5-9-18(27)10-6-15)26(23(30)22(19)29)13-14-2-1-11-25-12-14/h1-12,20,27-28H,13H2/p+1. The van der Waals surface area contributed by atoms with Crippen molar-refractivity contribution in [2.75, 3.05) is 0 Å². The molecule has 1 aliphatic rings. The number of Topliss-reactive ketones (excluding diaryl/α,β-unsaturated/α-hetero) is 1. The fourth-order valence-electron chi connectivity index (χ4n) is 3.54. The third kappa shape index (κ3) is 3.65. The second-order valence-corrected chi connectivity index (χ2v) is 7.37. The van der Waals surface area contributed by atoms with Crippen molar-refractivity contribution in [1.82, 2.24) is 4.90 Å². The maximum Gasteiger partial charge on any atom is 0.295 e. The molecule has 150 valence electrons. The van der Waals surface area contributed by atoms with Gasteiger partial charge in [-0.1, -0.05) is 23.7 Å². The van der Waals surface area contributed by atoms with E-state index in [-0.39, 0.29) is 23.6 Å². The number of aromatic amines is 1. The van der Waals surface area contributed by atoms with Crippen LogP contribution < -0.4 is 4.98 Å². The van der Waals surface area contributed by atoms with E-state index in [1.807, 2.05) is 6.07 Å². The lowest BCUT2D eigenvalue weighted by atomic mass is 9.95. The number of phenolic OH excluding ortho intramolecular Hbond substituents is 1. The molecule has 1 amide bonds. The average Bonchev–Trinajstić information content (AvgIpc) is 3.00. The van der Waals surface area contributed by atoms with Crippen LogP contribution in [0, 0.1) is 0 Å². The molecule has 4 rings (SSSR count). The quantitative estimate of drug-likeness (QED) is 0.383. The summed E-state index contributed by atoms with van der Waals surface area (Å²) in [6, 6.07) is 15.4. The Bertz CT molecular complexity index is 1130. The number of amides is 1. The number of aromatic hydroxyl groups is 1. The summed E-state index contributed by atoms with van der Waals surface area (Å²) in [5.41, 5.74) is 1.78. The molecule has 7 heteroatoms. The van der Waals surface area contributed by atoms with Crippen LogP contribution in [0.3, 0.4) is 0 Å². The zero-order valence-electron chi connectivity index (χ0n) is 15.7. The van der Waals surface area contributed by atoms with E-state index >= 15 is 0 Å². The zero-order valence-corrected chi connectivity index (χ0v) is 16.5. The van der Waals surface area contributed by atoms with Gasteiger partial charge in [-0.3, -0.25) is 9.59 Å². The number of hydrogen-bond donors (Lipinski definition) is 2. The van der Waals surface area contributed by atoms with E-state index in [2.05, 4.69) is 4.98 Å². The third-order valence-electron chi connectivity index (χ3n) is 4.99. The van der Waals surface area contributed by atoms with E-state index in [1.165, 1.54) is 17.0 Å². The van der Waals surface area contributed by atoms with Gasteiger partial charge in [-0.15, -0.1) is 0 Å². The predicted molar refractivity (Wildman–Crippen MR) is 110 cm³/mol. The van der Waals surface area contributed by atoms with Gasteiger partial charge in [-0.05, 0) is 48.0 Å². The number of H-pyrrole nitrogens is 1. The molecule has 2 aromatic carbocycles. The molecule has 3 aromatic rings. The van der Waals surface area contributed by atoms with Gasteiger partial charge in [0, 0.05) is 22.2 Å². The molecule has 0 saturated carbocycles. The Morgan fingerprint density at radius 1 is 1.03 bits per heavy atom. The molecule has 0 aliphatic carbocycles. The number of likely N-dealkylation sites (tertiary alicyclic amines) is 1. The Kier molecular flexibility index (Phi) is 5.25. The fourth-order valence-corrected chi connectivity index (χ4v) is 3.66. The van der Waals surface area contributed by atoms with Crippen LogP contribution in [0.2, 0.25) is 5.02 Å². The molecule has 2 heterocycles. The summed E-state index contributed by atoms with van der Waals surface area (Å²) in [6.07, 6.45) is 3.49. The Hall–Kier alpha value is -3.64. The van der Waals surface area contributed by atoms with Gasteiger partial charge in [-0.25, -0.2) is 4.98 Å². The molecule has 6 nitrogen and oxygen atoms in total. The highest BCUT2D eigenvalue weighted by Gasteiger charge is 2.46. The molecule has 1 unspecified atom stereocenters. The molecule has 1 aromatic heterocycles. The number of nitrogens with one attached hydrogen (secondary N) is 1. The highest BCUT2D eigenvalue weighted by Crippen LogP contribution is 2.40. The van der Waals surface area contributed by atoms with Crippen LogP contribution in [0.25, 0.3) is 5.76 Å². The maximum atomic E-state index is 12.9. The Morgan fingerprint density at radius 3 is 2.37 bits per heavy atom. The number of rotatable bonds is 4. The van der Waals surface area contributed by atoms with E-state index < -0.39 is 17.7 Å². The number of hydrogen-bond acceptors (Lipinski definition) is 4. The molecule has 1 saturated heterocycles. The number of phenols is 1. The molecule has 0 spiro atoms. The number of aliphatic hydroxyl groups is 1. The summed E-state index contributed by atoms with van der Waals surface area (Å²) in [6.45, 7) is 0.171. The van der Waals surface area contributed by atoms with Crippen LogP contribution in [-0.2, 0) is 16.1 Å². The number of pyridine rings is 1. The zero-order chi connectivity index (χ0) is 21.3. The molecule has 1 aliphatic heterocycles. The van der Waals surface area contributed by atoms with E-state index in [0.29, 0.717) is 16.1 Å². The van der Waals surface area contributed by atoms with Crippen LogP contribution >= 0.6 is 11.6 Å². The molecule has 3 N–H and O–H groups in total. The summed E-state index contributed by atoms with van der Waals surface area (Å²) < 4.78 is 0. The third-order valence-corrected chi connectivity index (χ3v) is 5.24. The maximum absolute atomic E-state index is 12.9. The number of carbonyl (C=O) groups excluding carboxylic acids is 2. The number of aliphatic hydroxyl groups excluding tert-OH is 1. The van der Waals surface area contributed by atoms with Crippen LogP contribution in [0.1, 0.15) is 22.7 Å². The van der Waals surface area contributed by atoms with Gasteiger partial charge < -0.3 is 15.1 Å². The summed E-state index contributed by atoms with van der Waals surface area (Å²) in [7, 11) is 0. The summed E-state index contributed by atoms with van der Waals surface area (Å²) in [5.74, 6) is -1.68. The van der Waals surface area contributed by atoms with Crippen molar-refractivity contribution >= 4 is 29.1 Å². The molecule has 1 fully saturated rings. The lowest BCUT2D eigenvalue weighted by Crippen LogP contribution is -2.29. The Balaban J connectivity index is 1.85. The first kappa shape index (κ1) is 19.7. The average molecular weight is 422 g/mol. The fraction of sp³-hybridized carbons (Fsp3) is 0.0870. The summed E-state index contributed by atoms with van der Waals surface area (Å²) >= 11 is 5.93. The molecule has 1 atom stereocenters. The second kappa shape index (κ2) is 8.00. The lowest BCUT2D eigenvalue weighted by Gasteiger charge is -2.25. The van der Waals surface area contributed by atoms with Crippen molar-refractivity contribution in [2.24, 2.45) is 0 Å². The lowest BCUT2D eigenvalue weighted by molar-refractivity contribution is -0.378. The van der Waals surface area contributed by atoms with E-state index in [4.69, 9.17) is 11.6 Å². The first-order valence-corrected chi connectivity index (χ1v) is 9.62. The molecule has 30 heavy (non-hydrogen) atoms.